The molecule has 2 aliphatic heterocycles. The van der Waals surface area contributed by atoms with E-state index in [2.05, 4.69) is 16.4 Å². The minimum Gasteiger partial charge on any atom is -0.380 e. The van der Waals surface area contributed by atoms with Crippen LogP contribution in [0.5, 0.6) is 0 Å². The van der Waals surface area contributed by atoms with Crippen LogP contribution in [0.1, 0.15) is 60.3 Å². The summed E-state index contributed by atoms with van der Waals surface area (Å²) in [6.45, 7) is 8.10. The van der Waals surface area contributed by atoms with Crippen LogP contribution in [0.4, 0.5) is 20.3 Å². The first kappa shape index (κ1) is 25.9. The van der Waals surface area contributed by atoms with E-state index < -0.39 is 22.9 Å². The number of anilines is 2. The van der Waals surface area contributed by atoms with E-state index in [1.165, 1.54) is 12.3 Å². The zero-order valence-corrected chi connectivity index (χ0v) is 21.8. The van der Waals surface area contributed by atoms with Gasteiger partial charge in [-0.05, 0) is 68.7 Å². The molecule has 1 saturated heterocycles. The van der Waals surface area contributed by atoms with Crippen LogP contribution < -0.4 is 10.2 Å². The lowest BCUT2D eigenvalue weighted by Crippen LogP contribution is -2.54. The highest BCUT2D eigenvalue weighted by atomic mass is 19.3. The van der Waals surface area contributed by atoms with Crippen molar-refractivity contribution in [2.24, 2.45) is 5.41 Å². The number of amides is 2. The topological polar surface area (TPSA) is 84.4 Å². The number of hydrogen-bond acceptors (Lipinski definition) is 5. The van der Waals surface area contributed by atoms with Crippen molar-refractivity contribution in [2.75, 3.05) is 30.0 Å². The van der Waals surface area contributed by atoms with Gasteiger partial charge in [0.1, 0.15) is 11.5 Å². The van der Waals surface area contributed by atoms with Crippen LogP contribution in [0.2, 0.25) is 0 Å². The summed E-state index contributed by atoms with van der Waals surface area (Å²) >= 11 is 0. The highest BCUT2D eigenvalue weighted by Gasteiger charge is 2.51. The SMILES string of the molecule is CCN1C(=O)C2(C)COCC[C@H]2c2cc(-c3cc(NC(=O)c4ccnc(C(C)(F)F)c4)ccc3C)cnc21. The summed E-state index contributed by atoms with van der Waals surface area (Å²) in [6.07, 6.45) is 3.69. The molecule has 1 aromatic carbocycles. The number of nitrogens with one attached hydrogen (secondary N) is 1. The van der Waals surface area contributed by atoms with Crippen molar-refractivity contribution in [2.45, 2.75) is 46.0 Å². The highest BCUT2D eigenvalue weighted by molar-refractivity contribution is 6.04. The average molecular weight is 521 g/mol. The standard InChI is InChI=1S/C29H30F2N4O3/c1-5-35-25-22(23-9-11-38-16-28(23,3)27(35)37)12-19(15-33-25)21-14-20(7-6-17(21)2)34-26(36)18-8-10-32-24(13-18)29(4,30)31/h6-8,10,12-15,23H,5,9,11,16H2,1-4H3,(H,34,36)/t23-,28?/m0/s1. The normalized spacial score (nSPS) is 21.1. The number of alkyl halides is 2. The summed E-state index contributed by atoms with van der Waals surface area (Å²) < 4.78 is 33.1. The summed E-state index contributed by atoms with van der Waals surface area (Å²) in [5.74, 6) is -2.93. The first-order valence-corrected chi connectivity index (χ1v) is 12.7. The Labute approximate surface area is 220 Å². The van der Waals surface area contributed by atoms with E-state index in [9.17, 15) is 18.4 Å². The van der Waals surface area contributed by atoms with Crippen molar-refractivity contribution in [1.82, 2.24) is 9.97 Å². The van der Waals surface area contributed by atoms with Crippen LogP contribution in [0.3, 0.4) is 0 Å². The molecule has 2 aromatic heterocycles. The number of carbonyl (C=O) groups excluding carboxylic acids is 2. The monoisotopic (exact) mass is 520 g/mol. The molecule has 0 spiro atoms. The Hall–Kier alpha value is -3.72. The predicted molar refractivity (Wildman–Crippen MR) is 140 cm³/mol. The number of hydrogen-bond donors (Lipinski definition) is 1. The zero-order valence-electron chi connectivity index (χ0n) is 21.8. The fraction of sp³-hybridized carbons (Fsp3) is 0.379. The Morgan fingerprint density at radius 3 is 2.76 bits per heavy atom. The highest BCUT2D eigenvalue weighted by Crippen LogP contribution is 2.50. The first-order valence-electron chi connectivity index (χ1n) is 12.7. The molecule has 0 aliphatic carbocycles. The number of nitrogens with zero attached hydrogens (tertiary/aromatic N) is 3. The van der Waals surface area contributed by atoms with Gasteiger partial charge < -0.3 is 10.1 Å². The Bertz CT molecular complexity index is 1420. The van der Waals surface area contributed by atoms with E-state index in [0.717, 1.165) is 41.7 Å². The van der Waals surface area contributed by atoms with Crippen molar-refractivity contribution in [1.29, 1.82) is 0 Å². The lowest BCUT2D eigenvalue weighted by molar-refractivity contribution is -0.137. The minimum atomic E-state index is -3.15. The van der Waals surface area contributed by atoms with Crippen LogP contribution in [0.25, 0.3) is 11.1 Å². The molecule has 2 atom stereocenters. The molecule has 3 aromatic rings. The van der Waals surface area contributed by atoms with Crippen molar-refractivity contribution < 1.29 is 23.1 Å². The number of ether oxygens (including phenoxy) is 1. The largest absolute Gasteiger partial charge is 0.380 e. The number of benzene rings is 1. The number of carbonyl (C=O) groups is 2. The lowest BCUT2D eigenvalue weighted by Gasteiger charge is -2.47. The van der Waals surface area contributed by atoms with Gasteiger partial charge in [-0.1, -0.05) is 6.07 Å². The predicted octanol–water partition coefficient (Wildman–Crippen LogP) is 5.69. The second-order valence-electron chi connectivity index (χ2n) is 10.3. The number of aromatic nitrogens is 2. The summed E-state index contributed by atoms with van der Waals surface area (Å²) in [7, 11) is 0. The van der Waals surface area contributed by atoms with Gasteiger partial charge in [0, 0.05) is 60.8 Å². The molecule has 38 heavy (non-hydrogen) atoms. The maximum atomic E-state index is 13.7. The molecule has 0 saturated carbocycles. The lowest BCUT2D eigenvalue weighted by atomic mass is 9.67. The molecule has 5 rings (SSSR count). The molecule has 1 unspecified atom stereocenters. The molecule has 7 nitrogen and oxygen atoms in total. The van der Waals surface area contributed by atoms with Gasteiger partial charge in [0.2, 0.25) is 5.91 Å². The van der Waals surface area contributed by atoms with Gasteiger partial charge in [-0.3, -0.25) is 19.5 Å². The molecule has 0 radical (unpaired) electrons. The van der Waals surface area contributed by atoms with E-state index in [-0.39, 0.29) is 17.4 Å². The van der Waals surface area contributed by atoms with Crippen molar-refractivity contribution in [3.63, 3.8) is 0 Å². The molecule has 1 N–H and O–H groups in total. The molecule has 0 bridgehead atoms. The van der Waals surface area contributed by atoms with E-state index in [4.69, 9.17) is 9.72 Å². The summed E-state index contributed by atoms with van der Waals surface area (Å²) in [4.78, 5) is 36.4. The third-order valence-electron chi connectivity index (χ3n) is 7.58. The number of fused-ring (bicyclic) bond motifs is 3. The maximum absolute atomic E-state index is 13.7. The molecule has 9 heteroatoms. The Morgan fingerprint density at radius 1 is 1.24 bits per heavy atom. The summed E-state index contributed by atoms with van der Waals surface area (Å²) in [5, 5.41) is 2.81. The van der Waals surface area contributed by atoms with Gasteiger partial charge in [-0.15, -0.1) is 0 Å². The Kier molecular flexibility index (Phi) is 6.51. The fourth-order valence-corrected chi connectivity index (χ4v) is 5.44. The Balaban J connectivity index is 1.49. The third kappa shape index (κ3) is 4.45. The van der Waals surface area contributed by atoms with Gasteiger partial charge in [0.15, 0.2) is 0 Å². The quantitative estimate of drug-likeness (QED) is 0.467. The van der Waals surface area contributed by atoms with Gasteiger partial charge >= 0.3 is 0 Å². The van der Waals surface area contributed by atoms with E-state index >= 15 is 0 Å². The van der Waals surface area contributed by atoms with Crippen molar-refractivity contribution in [3.8, 4) is 11.1 Å². The van der Waals surface area contributed by atoms with Gasteiger partial charge in [0.25, 0.3) is 11.8 Å². The summed E-state index contributed by atoms with van der Waals surface area (Å²) in [6, 6.07) is 10.1. The molecule has 198 valence electrons. The fourth-order valence-electron chi connectivity index (χ4n) is 5.44. The number of halogens is 2. The van der Waals surface area contributed by atoms with E-state index in [0.29, 0.717) is 31.3 Å². The molecule has 2 aliphatic rings. The number of pyridine rings is 2. The van der Waals surface area contributed by atoms with Crippen LogP contribution >= 0.6 is 0 Å². The molecular formula is C29H30F2N4O3. The first-order chi connectivity index (χ1) is 18.0. The smallest absolute Gasteiger partial charge is 0.286 e. The van der Waals surface area contributed by atoms with E-state index in [1.54, 1.807) is 17.2 Å². The molecule has 2 amide bonds. The Morgan fingerprint density at radius 2 is 2.03 bits per heavy atom. The molecule has 1 fully saturated rings. The van der Waals surface area contributed by atoms with Crippen molar-refractivity contribution >= 4 is 23.3 Å². The summed E-state index contributed by atoms with van der Waals surface area (Å²) in [5.41, 5.74) is 3.26. The van der Waals surface area contributed by atoms with E-state index in [1.807, 2.05) is 32.9 Å². The van der Waals surface area contributed by atoms with Crippen LogP contribution in [-0.4, -0.2) is 41.5 Å². The van der Waals surface area contributed by atoms with Crippen LogP contribution in [0, 0.1) is 12.3 Å². The third-order valence-corrected chi connectivity index (χ3v) is 7.58. The number of rotatable bonds is 5. The second-order valence-corrected chi connectivity index (χ2v) is 10.3. The van der Waals surface area contributed by atoms with Gasteiger partial charge in [0.05, 0.1) is 12.0 Å². The van der Waals surface area contributed by atoms with Crippen LogP contribution in [-0.2, 0) is 15.5 Å². The van der Waals surface area contributed by atoms with Gasteiger partial charge in [-0.25, -0.2) is 4.98 Å². The minimum absolute atomic E-state index is 0.00484. The number of aryl methyl sites for hydroxylation is 1. The second kappa shape index (κ2) is 9.54. The van der Waals surface area contributed by atoms with Crippen LogP contribution in [0.15, 0.2) is 48.8 Å². The maximum Gasteiger partial charge on any atom is 0.286 e. The molecule has 4 heterocycles. The van der Waals surface area contributed by atoms with Crippen molar-refractivity contribution in [3.05, 3.63) is 71.2 Å². The zero-order chi connectivity index (χ0) is 27.2. The molecular weight excluding hydrogens is 490 g/mol. The average Bonchev–Trinajstić information content (AvgIpc) is 2.90. The van der Waals surface area contributed by atoms with Gasteiger partial charge in [-0.2, -0.15) is 8.78 Å².